The summed E-state index contributed by atoms with van der Waals surface area (Å²) in [5, 5.41) is 1.04. The minimum absolute atomic E-state index is 0.178. The van der Waals surface area contributed by atoms with E-state index in [4.69, 9.17) is 10.7 Å². The van der Waals surface area contributed by atoms with Gasteiger partial charge in [0.25, 0.3) is 0 Å². The Morgan fingerprint density at radius 2 is 2.08 bits per heavy atom. The van der Waals surface area contributed by atoms with Gasteiger partial charge in [-0.2, -0.15) is 0 Å². The highest BCUT2D eigenvalue weighted by Gasteiger charge is 2.23. The fourth-order valence-corrected chi connectivity index (χ4v) is 3.77. The molecule has 1 amide bonds. The summed E-state index contributed by atoms with van der Waals surface area (Å²) >= 11 is 0. The molecule has 4 rings (SSSR count). The van der Waals surface area contributed by atoms with Crippen molar-refractivity contribution in [1.29, 1.82) is 0 Å². The van der Waals surface area contributed by atoms with Gasteiger partial charge in [0.2, 0.25) is 5.91 Å². The largest absolute Gasteiger partial charge is 0.382 e. The monoisotopic (exact) mass is 337 g/mol. The van der Waals surface area contributed by atoms with Crippen molar-refractivity contribution in [3.63, 3.8) is 0 Å². The number of aryl methyl sites for hydroxylation is 2. The third-order valence-corrected chi connectivity index (χ3v) is 4.92. The molecule has 1 fully saturated rings. The van der Waals surface area contributed by atoms with Gasteiger partial charge >= 0.3 is 0 Å². The van der Waals surface area contributed by atoms with Crippen molar-refractivity contribution in [2.75, 3.05) is 17.2 Å². The minimum atomic E-state index is 0.178. The Kier molecular flexibility index (Phi) is 3.82. The number of pyridine rings is 1. The number of nitrogens with zero attached hydrogens (tertiary/aromatic N) is 4. The molecule has 1 saturated heterocycles. The maximum absolute atomic E-state index is 12.0. The molecule has 3 aromatic rings. The summed E-state index contributed by atoms with van der Waals surface area (Å²) in [6.45, 7) is 5.95. The summed E-state index contributed by atoms with van der Waals surface area (Å²) in [5.41, 5.74) is 9.78. The fraction of sp³-hybridized carbons (Fsp3) is 0.421. The molecule has 1 aliphatic heterocycles. The molecule has 0 radical (unpaired) electrons. The normalized spacial score (nSPS) is 15.0. The summed E-state index contributed by atoms with van der Waals surface area (Å²) in [5.74, 6) is 1.67. The van der Waals surface area contributed by atoms with E-state index >= 15 is 0 Å². The molecule has 0 atom stereocenters. The zero-order chi connectivity index (χ0) is 17.6. The van der Waals surface area contributed by atoms with E-state index in [1.165, 1.54) is 0 Å². The number of aromatic nitrogens is 3. The Hall–Kier alpha value is -2.63. The average molecular weight is 337 g/mol. The van der Waals surface area contributed by atoms with Crippen molar-refractivity contribution in [2.24, 2.45) is 0 Å². The molecule has 2 aromatic heterocycles. The van der Waals surface area contributed by atoms with Crippen molar-refractivity contribution in [3.8, 4) is 0 Å². The lowest BCUT2D eigenvalue weighted by Crippen LogP contribution is -2.23. The summed E-state index contributed by atoms with van der Waals surface area (Å²) in [7, 11) is 0. The molecule has 0 bridgehead atoms. The van der Waals surface area contributed by atoms with E-state index in [-0.39, 0.29) is 5.91 Å². The number of amides is 1. The maximum Gasteiger partial charge on any atom is 0.227 e. The molecule has 25 heavy (non-hydrogen) atoms. The third kappa shape index (κ3) is 2.44. The minimum Gasteiger partial charge on any atom is -0.382 e. The molecular formula is C19H23N5O. The van der Waals surface area contributed by atoms with Gasteiger partial charge in [0.1, 0.15) is 11.3 Å². The van der Waals surface area contributed by atoms with E-state index in [2.05, 4.69) is 29.5 Å². The molecule has 0 saturated carbocycles. The molecule has 130 valence electrons. The third-order valence-electron chi connectivity index (χ3n) is 4.92. The number of nitrogens with two attached hydrogens (primary N) is 1. The number of anilines is 2. The SMILES string of the molecule is CCCn1c(CC)nc2c(N)nc3cc(N4CCCC4=O)ccc3c21. The van der Waals surface area contributed by atoms with Gasteiger partial charge in [-0.25, -0.2) is 9.97 Å². The first-order chi connectivity index (χ1) is 12.1. The van der Waals surface area contributed by atoms with Gasteiger partial charge in [-0.05, 0) is 31.0 Å². The summed E-state index contributed by atoms with van der Waals surface area (Å²) < 4.78 is 2.26. The molecule has 1 aromatic carbocycles. The number of carbonyl (C=O) groups excluding carboxylic acids is 1. The smallest absolute Gasteiger partial charge is 0.227 e. The van der Waals surface area contributed by atoms with Crippen molar-refractivity contribution in [1.82, 2.24) is 14.5 Å². The van der Waals surface area contributed by atoms with E-state index in [9.17, 15) is 4.79 Å². The van der Waals surface area contributed by atoms with Crippen LogP contribution in [0.3, 0.4) is 0 Å². The Morgan fingerprint density at radius 3 is 2.76 bits per heavy atom. The summed E-state index contributed by atoms with van der Waals surface area (Å²) in [6, 6.07) is 6.04. The van der Waals surface area contributed by atoms with Crippen LogP contribution in [0.4, 0.5) is 11.5 Å². The molecule has 2 N–H and O–H groups in total. The predicted octanol–water partition coefficient (Wildman–Crippen LogP) is 3.27. The van der Waals surface area contributed by atoms with Crippen molar-refractivity contribution in [2.45, 2.75) is 46.1 Å². The van der Waals surface area contributed by atoms with Crippen LogP contribution < -0.4 is 10.6 Å². The second-order valence-electron chi connectivity index (χ2n) is 6.58. The van der Waals surface area contributed by atoms with E-state index in [1.807, 2.05) is 17.0 Å². The molecule has 0 spiro atoms. The Bertz CT molecular complexity index is 975. The van der Waals surface area contributed by atoms with Gasteiger partial charge in [0, 0.05) is 37.0 Å². The van der Waals surface area contributed by atoms with Crippen LogP contribution >= 0.6 is 0 Å². The van der Waals surface area contributed by atoms with Crippen LogP contribution in [-0.4, -0.2) is 27.0 Å². The van der Waals surface area contributed by atoms with Crippen LogP contribution in [0.25, 0.3) is 21.9 Å². The number of carbonyl (C=O) groups is 1. The van der Waals surface area contributed by atoms with Crippen molar-refractivity contribution >= 4 is 39.3 Å². The lowest BCUT2D eigenvalue weighted by Gasteiger charge is -2.16. The second-order valence-corrected chi connectivity index (χ2v) is 6.58. The number of benzene rings is 1. The molecule has 6 nitrogen and oxygen atoms in total. The molecule has 3 heterocycles. The van der Waals surface area contributed by atoms with Gasteiger partial charge in [0.15, 0.2) is 5.82 Å². The topological polar surface area (TPSA) is 77.0 Å². The lowest BCUT2D eigenvalue weighted by molar-refractivity contribution is -0.117. The number of hydrogen-bond donors (Lipinski definition) is 1. The fourth-order valence-electron chi connectivity index (χ4n) is 3.77. The Balaban J connectivity index is 1.97. The number of fused-ring (bicyclic) bond motifs is 3. The van der Waals surface area contributed by atoms with Gasteiger partial charge < -0.3 is 15.2 Å². The lowest BCUT2D eigenvalue weighted by atomic mass is 10.1. The number of hydrogen-bond acceptors (Lipinski definition) is 4. The van der Waals surface area contributed by atoms with Crippen LogP contribution in [0.1, 0.15) is 38.9 Å². The van der Waals surface area contributed by atoms with Crippen molar-refractivity contribution < 1.29 is 4.79 Å². The first kappa shape index (κ1) is 15.9. The van der Waals surface area contributed by atoms with E-state index in [0.717, 1.165) is 65.8 Å². The van der Waals surface area contributed by atoms with Crippen LogP contribution in [0.15, 0.2) is 18.2 Å². The highest BCUT2D eigenvalue weighted by molar-refractivity contribution is 6.08. The van der Waals surface area contributed by atoms with E-state index in [0.29, 0.717) is 12.2 Å². The number of rotatable bonds is 4. The highest BCUT2D eigenvalue weighted by atomic mass is 16.2. The number of nitrogen functional groups attached to an aromatic ring is 1. The summed E-state index contributed by atoms with van der Waals surface area (Å²) in [6.07, 6.45) is 3.42. The predicted molar refractivity (Wildman–Crippen MR) is 101 cm³/mol. The van der Waals surface area contributed by atoms with Gasteiger partial charge in [0.05, 0.1) is 11.0 Å². The van der Waals surface area contributed by atoms with Crippen LogP contribution in [-0.2, 0) is 17.8 Å². The van der Waals surface area contributed by atoms with Gasteiger partial charge in [-0.3, -0.25) is 4.79 Å². The highest BCUT2D eigenvalue weighted by Crippen LogP contribution is 2.32. The molecule has 0 aliphatic carbocycles. The second kappa shape index (κ2) is 6.02. The molecule has 6 heteroatoms. The van der Waals surface area contributed by atoms with Gasteiger partial charge in [-0.1, -0.05) is 13.8 Å². The van der Waals surface area contributed by atoms with E-state index in [1.54, 1.807) is 0 Å². The first-order valence-electron chi connectivity index (χ1n) is 9.02. The first-order valence-corrected chi connectivity index (χ1v) is 9.02. The number of imidazole rings is 1. The quantitative estimate of drug-likeness (QED) is 0.792. The maximum atomic E-state index is 12.0. The average Bonchev–Trinajstić information content (AvgIpc) is 3.19. The van der Waals surface area contributed by atoms with Crippen LogP contribution in [0.2, 0.25) is 0 Å². The molecule has 0 unspecified atom stereocenters. The Labute approximate surface area is 146 Å². The molecule has 1 aliphatic rings. The Morgan fingerprint density at radius 1 is 1.24 bits per heavy atom. The van der Waals surface area contributed by atoms with Crippen LogP contribution in [0, 0.1) is 0 Å². The van der Waals surface area contributed by atoms with Crippen molar-refractivity contribution in [3.05, 3.63) is 24.0 Å². The standard InChI is InChI=1S/C19H23N5O/c1-3-9-24-15(4-2)22-17-18(24)13-8-7-12(11-14(13)21-19(17)20)23-10-5-6-16(23)25/h7-8,11H,3-6,9-10H2,1-2H3,(H2,20,21). The summed E-state index contributed by atoms with van der Waals surface area (Å²) in [4.78, 5) is 23.2. The molecular weight excluding hydrogens is 314 g/mol. The van der Waals surface area contributed by atoms with Gasteiger partial charge in [-0.15, -0.1) is 0 Å². The van der Waals surface area contributed by atoms with E-state index < -0.39 is 0 Å². The van der Waals surface area contributed by atoms with Crippen LogP contribution in [0.5, 0.6) is 0 Å². The zero-order valence-electron chi connectivity index (χ0n) is 14.7. The zero-order valence-corrected chi connectivity index (χ0v) is 14.7.